The molecule has 2 aliphatic heterocycles. The van der Waals surface area contributed by atoms with Crippen molar-refractivity contribution in [2.24, 2.45) is 0 Å². The minimum Gasteiger partial charge on any atom is -0.508 e. The zero-order valence-corrected chi connectivity index (χ0v) is 22.5. The highest BCUT2D eigenvalue weighted by Gasteiger charge is 2.28. The van der Waals surface area contributed by atoms with Gasteiger partial charge in [-0.25, -0.2) is 0 Å². The third-order valence-corrected chi connectivity index (χ3v) is 7.52. The monoisotopic (exact) mass is 532 g/mol. The van der Waals surface area contributed by atoms with Gasteiger partial charge in [-0.15, -0.1) is 0 Å². The van der Waals surface area contributed by atoms with Gasteiger partial charge in [-0.3, -0.25) is 4.79 Å². The highest BCUT2D eigenvalue weighted by Crippen LogP contribution is 2.36. The molecule has 0 saturated carbocycles. The Balaban J connectivity index is 1.46. The maximum atomic E-state index is 10.7. The summed E-state index contributed by atoms with van der Waals surface area (Å²) in [4.78, 5) is 29.0. The number of hydrogen-bond donors (Lipinski definition) is 2. The molecule has 1 fully saturated rings. The molecule has 10 heteroatoms. The second kappa shape index (κ2) is 11.9. The second-order valence-corrected chi connectivity index (χ2v) is 10.2. The van der Waals surface area contributed by atoms with Crippen LogP contribution in [0, 0.1) is 0 Å². The Morgan fingerprint density at radius 1 is 1.08 bits per heavy atom. The van der Waals surface area contributed by atoms with Crippen LogP contribution in [0.5, 0.6) is 11.8 Å². The predicted octanol–water partition coefficient (Wildman–Crippen LogP) is 2.03. The summed E-state index contributed by atoms with van der Waals surface area (Å²) in [5, 5.41) is 22.3. The van der Waals surface area contributed by atoms with Crippen molar-refractivity contribution >= 4 is 28.6 Å². The van der Waals surface area contributed by atoms with E-state index in [0.29, 0.717) is 12.6 Å². The van der Waals surface area contributed by atoms with Crippen molar-refractivity contribution < 1.29 is 19.7 Å². The molecular formula is C29H36N6O4. The van der Waals surface area contributed by atoms with Crippen molar-refractivity contribution in [1.29, 1.82) is 0 Å². The number of allylic oxidation sites excluding steroid dienone is 1. The molecule has 1 atom stereocenters. The molecule has 0 unspecified atom stereocenters. The van der Waals surface area contributed by atoms with Crippen molar-refractivity contribution in [1.82, 2.24) is 19.8 Å². The van der Waals surface area contributed by atoms with Crippen molar-refractivity contribution in [3.63, 3.8) is 0 Å². The highest BCUT2D eigenvalue weighted by molar-refractivity contribution is 5.95. The van der Waals surface area contributed by atoms with Gasteiger partial charge in [0.25, 0.3) is 0 Å². The first-order chi connectivity index (χ1) is 19.0. The summed E-state index contributed by atoms with van der Waals surface area (Å²) >= 11 is 0. The zero-order valence-electron chi connectivity index (χ0n) is 22.5. The van der Waals surface area contributed by atoms with Gasteiger partial charge in [0.15, 0.2) is 0 Å². The summed E-state index contributed by atoms with van der Waals surface area (Å²) in [6.07, 6.45) is 4.92. The lowest BCUT2D eigenvalue weighted by molar-refractivity contribution is -0.104. The zero-order chi connectivity index (χ0) is 27.4. The van der Waals surface area contributed by atoms with E-state index >= 15 is 0 Å². The van der Waals surface area contributed by atoms with E-state index < -0.39 is 0 Å². The van der Waals surface area contributed by atoms with E-state index in [0.717, 1.165) is 79.0 Å². The molecule has 39 heavy (non-hydrogen) atoms. The minimum atomic E-state index is -0.170. The largest absolute Gasteiger partial charge is 0.508 e. The van der Waals surface area contributed by atoms with Crippen LogP contribution in [0.3, 0.4) is 0 Å². The average molecular weight is 533 g/mol. The molecule has 3 aromatic rings. The van der Waals surface area contributed by atoms with Crippen LogP contribution in [0.1, 0.15) is 11.3 Å². The average Bonchev–Trinajstić information content (AvgIpc) is 2.95. The number of ether oxygens (including phenoxy) is 1. The number of aromatic hydroxyl groups is 1. The molecule has 1 saturated heterocycles. The molecule has 10 nitrogen and oxygen atoms in total. The number of carbonyl (C=O) groups excluding carboxylic acids is 1. The van der Waals surface area contributed by atoms with Crippen LogP contribution < -0.4 is 14.5 Å². The van der Waals surface area contributed by atoms with Crippen molar-refractivity contribution in [3.8, 4) is 11.8 Å². The van der Waals surface area contributed by atoms with Gasteiger partial charge in [0.2, 0.25) is 0 Å². The summed E-state index contributed by atoms with van der Waals surface area (Å²) in [7, 11) is 3.80. The Labute approximate surface area is 228 Å². The molecule has 1 aromatic heterocycles. The van der Waals surface area contributed by atoms with E-state index in [1.54, 1.807) is 6.07 Å². The summed E-state index contributed by atoms with van der Waals surface area (Å²) in [6, 6.07) is 11.8. The SMILES string of the molecule is CN(C)[C@H](CO)COc1nc2c(c(N3CCN(C=CC=O)CC3)n1)CCN(c1cc(O)cc3ccccc13)C2. The topological polar surface area (TPSA) is 106 Å². The Kier molecular flexibility index (Phi) is 8.13. The first-order valence-corrected chi connectivity index (χ1v) is 13.3. The summed E-state index contributed by atoms with van der Waals surface area (Å²) in [5.41, 5.74) is 3.00. The van der Waals surface area contributed by atoms with Crippen LogP contribution in [0.25, 0.3) is 10.8 Å². The maximum Gasteiger partial charge on any atom is 0.318 e. The van der Waals surface area contributed by atoms with E-state index in [1.165, 1.54) is 6.08 Å². The van der Waals surface area contributed by atoms with Crippen LogP contribution in [0.4, 0.5) is 11.5 Å². The van der Waals surface area contributed by atoms with Crippen molar-refractivity contribution in [3.05, 3.63) is 59.9 Å². The lowest BCUT2D eigenvalue weighted by Crippen LogP contribution is -2.45. The molecule has 5 rings (SSSR count). The normalized spacial score (nSPS) is 16.7. The lowest BCUT2D eigenvalue weighted by atomic mass is 10.0. The molecule has 3 heterocycles. The number of likely N-dealkylation sites (N-methyl/N-ethyl adjacent to an activating group) is 1. The van der Waals surface area contributed by atoms with Gasteiger partial charge in [-0.1, -0.05) is 24.3 Å². The van der Waals surface area contributed by atoms with Crippen LogP contribution in [0.15, 0.2) is 48.7 Å². The van der Waals surface area contributed by atoms with Crippen LogP contribution in [-0.4, -0.2) is 102 Å². The van der Waals surface area contributed by atoms with Gasteiger partial charge in [-0.05, 0) is 38.0 Å². The van der Waals surface area contributed by atoms with Crippen LogP contribution in [-0.2, 0) is 17.8 Å². The predicted molar refractivity (Wildman–Crippen MR) is 151 cm³/mol. The van der Waals surface area contributed by atoms with Gasteiger partial charge >= 0.3 is 6.01 Å². The van der Waals surface area contributed by atoms with Gasteiger partial charge in [-0.2, -0.15) is 9.97 Å². The third kappa shape index (κ3) is 5.91. The fourth-order valence-corrected chi connectivity index (χ4v) is 5.23. The molecule has 206 valence electrons. The van der Waals surface area contributed by atoms with E-state index in [-0.39, 0.29) is 25.0 Å². The van der Waals surface area contributed by atoms with Crippen molar-refractivity contribution in [2.45, 2.75) is 19.0 Å². The molecule has 2 N–H and O–H groups in total. The Morgan fingerprint density at radius 3 is 2.62 bits per heavy atom. The fraction of sp³-hybridized carbons (Fsp3) is 0.414. The van der Waals surface area contributed by atoms with E-state index in [1.807, 2.05) is 49.5 Å². The number of benzene rings is 2. The first-order valence-electron chi connectivity index (χ1n) is 13.3. The smallest absolute Gasteiger partial charge is 0.318 e. The van der Waals surface area contributed by atoms with E-state index in [9.17, 15) is 15.0 Å². The minimum absolute atomic E-state index is 0.0284. The third-order valence-electron chi connectivity index (χ3n) is 7.52. The van der Waals surface area contributed by atoms with Gasteiger partial charge in [0, 0.05) is 61.6 Å². The number of hydrogen-bond acceptors (Lipinski definition) is 10. The lowest BCUT2D eigenvalue weighted by Gasteiger charge is -2.38. The Morgan fingerprint density at radius 2 is 1.87 bits per heavy atom. The van der Waals surface area contributed by atoms with Crippen LogP contribution in [0.2, 0.25) is 0 Å². The highest BCUT2D eigenvalue weighted by atomic mass is 16.5. The van der Waals surface area contributed by atoms with Gasteiger partial charge < -0.3 is 34.5 Å². The van der Waals surface area contributed by atoms with E-state index in [2.05, 4.69) is 20.8 Å². The number of anilines is 2. The maximum absolute atomic E-state index is 10.7. The number of phenolic OH excluding ortho intramolecular Hbond substituents is 1. The molecule has 2 aromatic carbocycles. The number of phenols is 1. The molecule has 0 spiro atoms. The quantitative estimate of drug-likeness (QED) is 0.314. The molecule has 0 aliphatic carbocycles. The number of carbonyl (C=O) groups is 1. The van der Waals surface area contributed by atoms with E-state index in [4.69, 9.17) is 14.7 Å². The van der Waals surface area contributed by atoms with Gasteiger partial charge in [0.1, 0.15) is 24.5 Å². The van der Waals surface area contributed by atoms with Crippen molar-refractivity contribution in [2.75, 3.05) is 69.8 Å². The number of aromatic nitrogens is 2. The molecule has 2 aliphatic rings. The molecule has 0 amide bonds. The number of fused-ring (bicyclic) bond motifs is 2. The second-order valence-electron chi connectivity index (χ2n) is 10.2. The summed E-state index contributed by atoms with van der Waals surface area (Å²) in [5.74, 6) is 1.13. The number of aliphatic hydroxyl groups is 1. The number of rotatable bonds is 9. The molecular weight excluding hydrogens is 496 g/mol. The number of nitrogens with zero attached hydrogens (tertiary/aromatic N) is 6. The van der Waals surface area contributed by atoms with Crippen LogP contribution >= 0.6 is 0 Å². The summed E-state index contributed by atoms with van der Waals surface area (Å²) < 4.78 is 6.05. The number of piperazine rings is 1. The van der Waals surface area contributed by atoms with Gasteiger partial charge in [0.05, 0.1) is 24.9 Å². The molecule has 0 bridgehead atoms. The summed E-state index contributed by atoms with van der Waals surface area (Å²) in [6.45, 7) is 4.68. The first kappa shape index (κ1) is 26.7. The Hall–Kier alpha value is -3.89. The standard InChI is InChI=1S/C29H36N6O4/c1-32(2)22(19-37)20-39-29-30-26-18-35(27-17-23(38)16-21-6-3-4-7-24(21)27)10-8-25(26)28(31-29)34-13-11-33(12-14-34)9-5-15-36/h3-7,9,15-17,22,37-38H,8,10-14,18-20H2,1-2H3/t22-/m1/s1. The number of aliphatic hydroxyl groups excluding tert-OH is 1. The number of aldehydes is 1. The molecule has 0 radical (unpaired) electrons. The Bertz CT molecular complexity index is 1340. The fourth-order valence-electron chi connectivity index (χ4n) is 5.23.